The molecule has 1 aliphatic heterocycles. The molecule has 0 saturated carbocycles. The van der Waals surface area contributed by atoms with Gasteiger partial charge in [0.05, 0.1) is 0 Å². The van der Waals surface area contributed by atoms with Gasteiger partial charge in [-0.15, -0.1) is 0 Å². The largest absolute Gasteiger partial charge is 0.314 e. The highest BCUT2D eigenvalue weighted by molar-refractivity contribution is 4.74. The lowest BCUT2D eigenvalue weighted by molar-refractivity contribution is 0.198. The molecule has 1 heterocycles. The average Bonchev–Trinajstić information content (AvgIpc) is 2.31. The normalized spacial score (nSPS) is 24.4. The molecule has 15 heavy (non-hydrogen) atoms. The number of nitrogens with one attached hydrogen (secondary N) is 1. The molecule has 1 fully saturated rings. The van der Waals surface area contributed by atoms with E-state index >= 15 is 0 Å². The van der Waals surface area contributed by atoms with Gasteiger partial charge in [0.25, 0.3) is 0 Å². The van der Waals surface area contributed by atoms with Gasteiger partial charge in [0.2, 0.25) is 0 Å². The Morgan fingerprint density at radius 3 is 2.67 bits per heavy atom. The maximum atomic E-state index is 3.63. The second kappa shape index (κ2) is 7.24. The van der Waals surface area contributed by atoms with Crippen LogP contribution in [0.25, 0.3) is 0 Å². The van der Waals surface area contributed by atoms with E-state index in [1.807, 2.05) is 0 Å². The lowest BCUT2D eigenvalue weighted by atomic mass is 10.0. The molecular formula is C13H28N2. The lowest BCUT2D eigenvalue weighted by Gasteiger charge is -2.30. The molecule has 1 rings (SSSR count). The first-order valence-corrected chi connectivity index (χ1v) is 6.75. The van der Waals surface area contributed by atoms with Crippen molar-refractivity contribution in [3.05, 3.63) is 0 Å². The quantitative estimate of drug-likeness (QED) is 0.728. The fourth-order valence-corrected chi connectivity index (χ4v) is 2.44. The molecule has 2 heteroatoms. The standard InChI is InChI=1S/C13H28N2/c1-4-12(3)15(5-2)11-9-13-8-6-7-10-14-13/h12-14H,4-11H2,1-3H3. The zero-order chi connectivity index (χ0) is 11.1. The molecule has 1 aliphatic rings. The first kappa shape index (κ1) is 13.0. The van der Waals surface area contributed by atoms with Crippen molar-refractivity contribution in [1.29, 1.82) is 0 Å². The molecule has 0 aromatic heterocycles. The van der Waals surface area contributed by atoms with E-state index in [1.54, 1.807) is 0 Å². The van der Waals surface area contributed by atoms with Gasteiger partial charge in [-0.1, -0.05) is 20.3 Å². The minimum Gasteiger partial charge on any atom is -0.314 e. The fraction of sp³-hybridized carbons (Fsp3) is 1.00. The van der Waals surface area contributed by atoms with Crippen molar-refractivity contribution in [3.8, 4) is 0 Å². The van der Waals surface area contributed by atoms with E-state index in [0.717, 1.165) is 12.1 Å². The van der Waals surface area contributed by atoms with Crippen LogP contribution in [0.4, 0.5) is 0 Å². The molecule has 0 aliphatic carbocycles. The molecule has 2 atom stereocenters. The van der Waals surface area contributed by atoms with Crippen molar-refractivity contribution in [2.24, 2.45) is 0 Å². The van der Waals surface area contributed by atoms with E-state index in [9.17, 15) is 0 Å². The Kier molecular flexibility index (Phi) is 6.26. The minimum atomic E-state index is 0.749. The van der Waals surface area contributed by atoms with Crippen molar-refractivity contribution in [3.63, 3.8) is 0 Å². The van der Waals surface area contributed by atoms with Crippen LogP contribution in [-0.4, -0.2) is 36.6 Å². The first-order valence-electron chi connectivity index (χ1n) is 6.75. The summed E-state index contributed by atoms with van der Waals surface area (Å²) in [6, 6.07) is 1.54. The first-order chi connectivity index (χ1) is 7.27. The topological polar surface area (TPSA) is 15.3 Å². The molecule has 0 bridgehead atoms. The molecule has 0 amide bonds. The van der Waals surface area contributed by atoms with Crippen LogP contribution in [0.2, 0.25) is 0 Å². The maximum absolute atomic E-state index is 3.63. The van der Waals surface area contributed by atoms with Crippen molar-refractivity contribution in [2.75, 3.05) is 19.6 Å². The van der Waals surface area contributed by atoms with E-state index < -0.39 is 0 Å². The summed E-state index contributed by atoms with van der Waals surface area (Å²) in [4.78, 5) is 2.61. The highest BCUT2D eigenvalue weighted by Crippen LogP contribution is 2.12. The highest BCUT2D eigenvalue weighted by Gasteiger charge is 2.15. The summed E-state index contributed by atoms with van der Waals surface area (Å²) in [6.07, 6.45) is 6.79. The Bertz CT molecular complexity index is 153. The summed E-state index contributed by atoms with van der Waals surface area (Å²) in [5.74, 6) is 0. The lowest BCUT2D eigenvalue weighted by Crippen LogP contribution is -2.40. The second-order valence-corrected chi connectivity index (χ2v) is 4.82. The number of piperidine rings is 1. The van der Waals surface area contributed by atoms with Crippen molar-refractivity contribution in [2.45, 2.75) is 65.0 Å². The van der Waals surface area contributed by atoms with Crippen molar-refractivity contribution < 1.29 is 0 Å². The molecule has 1 saturated heterocycles. The van der Waals surface area contributed by atoms with Gasteiger partial charge in [0, 0.05) is 12.1 Å². The van der Waals surface area contributed by atoms with Crippen LogP contribution in [-0.2, 0) is 0 Å². The molecule has 2 nitrogen and oxygen atoms in total. The molecule has 0 radical (unpaired) electrons. The summed E-state index contributed by atoms with van der Waals surface area (Å²) in [5.41, 5.74) is 0. The third kappa shape index (κ3) is 4.52. The van der Waals surface area contributed by atoms with Gasteiger partial charge >= 0.3 is 0 Å². The summed E-state index contributed by atoms with van der Waals surface area (Å²) in [7, 11) is 0. The smallest absolute Gasteiger partial charge is 0.00792 e. The molecular weight excluding hydrogens is 184 g/mol. The Morgan fingerprint density at radius 2 is 2.13 bits per heavy atom. The predicted molar refractivity (Wildman–Crippen MR) is 67.3 cm³/mol. The number of nitrogens with zero attached hydrogens (tertiary/aromatic N) is 1. The van der Waals surface area contributed by atoms with Crippen LogP contribution in [0.3, 0.4) is 0 Å². The second-order valence-electron chi connectivity index (χ2n) is 4.82. The number of hydrogen-bond donors (Lipinski definition) is 1. The fourth-order valence-electron chi connectivity index (χ4n) is 2.44. The van der Waals surface area contributed by atoms with E-state index in [0.29, 0.717) is 0 Å². The predicted octanol–water partition coefficient (Wildman–Crippen LogP) is 2.64. The van der Waals surface area contributed by atoms with Gasteiger partial charge in [-0.2, -0.15) is 0 Å². The van der Waals surface area contributed by atoms with Gasteiger partial charge in [0.1, 0.15) is 0 Å². The van der Waals surface area contributed by atoms with Crippen molar-refractivity contribution in [1.82, 2.24) is 10.2 Å². The number of rotatable bonds is 6. The Morgan fingerprint density at radius 1 is 1.33 bits per heavy atom. The molecule has 0 spiro atoms. The minimum absolute atomic E-state index is 0.749. The summed E-state index contributed by atoms with van der Waals surface area (Å²) < 4.78 is 0. The summed E-state index contributed by atoms with van der Waals surface area (Å²) in [5, 5.41) is 3.63. The monoisotopic (exact) mass is 212 g/mol. The van der Waals surface area contributed by atoms with Crippen LogP contribution >= 0.6 is 0 Å². The summed E-state index contributed by atoms with van der Waals surface area (Å²) in [6.45, 7) is 10.6. The highest BCUT2D eigenvalue weighted by atomic mass is 15.1. The van der Waals surface area contributed by atoms with Gasteiger partial charge < -0.3 is 10.2 Å². The SMILES string of the molecule is CCC(C)N(CC)CCC1CCCCN1. The zero-order valence-corrected chi connectivity index (χ0v) is 10.8. The van der Waals surface area contributed by atoms with Gasteiger partial charge in [0.15, 0.2) is 0 Å². The van der Waals surface area contributed by atoms with Crippen LogP contribution < -0.4 is 5.32 Å². The third-order valence-electron chi connectivity index (χ3n) is 3.80. The molecule has 90 valence electrons. The molecule has 1 N–H and O–H groups in total. The van der Waals surface area contributed by atoms with Crippen LogP contribution in [0.15, 0.2) is 0 Å². The third-order valence-corrected chi connectivity index (χ3v) is 3.80. The Labute approximate surface area is 95.4 Å². The van der Waals surface area contributed by atoms with Gasteiger partial charge in [-0.05, 0) is 52.2 Å². The van der Waals surface area contributed by atoms with Crippen LogP contribution in [0.1, 0.15) is 52.9 Å². The molecule has 0 aromatic carbocycles. The molecule has 2 unspecified atom stereocenters. The van der Waals surface area contributed by atoms with Crippen molar-refractivity contribution >= 4 is 0 Å². The van der Waals surface area contributed by atoms with Crippen LogP contribution in [0, 0.1) is 0 Å². The summed E-state index contributed by atoms with van der Waals surface area (Å²) >= 11 is 0. The van der Waals surface area contributed by atoms with E-state index in [1.165, 1.54) is 51.7 Å². The van der Waals surface area contributed by atoms with E-state index in [4.69, 9.17) is 0 Å². The van der Waals surface area contributed by atoms with Gasteiger partial charge in [-0.25, -0.2) is 0 Å². The number of hydrogen-bond acceptors (Lipinski definition) is 2. The Hall–Kier alpha value is -0.0800. The average molecular weight is 212 g/mol. The van der Waals surface area contributed by atoms with E-state index in [2.05, 4.69) is 31.0 Å². The van der Waals surface area contributed by atoms with Gasteiger partial charge in [-0.3, -0.25) is 0 Å². The Balaban J connectivity index is 2.20. The zero-order valence-electron chi connectivity index (χ0n) is 10.8. The molecule has 0 aromatic rings. The maximum Gasteiger partial charge on any atom is 0.00792 e. The van der Waals surface area contributed by atoms with Crippen LogP contribution in [0.5, 0.6) is 0 Å². The van der Waals surface area contributed by atoms with E-state index in [-0.39, 0.29) is 0 Å².